The van der Waals surface area contributed by atoms with E-state index < -0.39 is 4.92 Å². The van der Waals surface area contributed by atoms with Crippen molar-refractivity contribution in [3.8, 4) is 11.5 Å². The molecule has 0 aliphatic carbocycles. The summed E-state index contributed by atoms with van der Waals surface area (Å²) in [5.41, 5.74) is 6.49. The Hall–Kier alpha value is -2.88. The van der Waals surface area contributed by atoms with Gasteiger partial charge >= 0.3 is 0 Å². The number of aliphatic hydroxyl groups is 1. The number of ether oxygens (including phenoxy) is 2. The predicted octanol–water partition coefficient (Wildman–Crippen LogP) is 4.44. The van der Waals surface area contributed by atoms with Crippen LogP contribution >= 0.6 is 0 Å². The quantitative estimate of drug-likeness (QED) is 0.323. The van der Waals surface area contributed by atoms with Gasteiger partial charge in [-0.25, -0.2) is 0 Å². The van der Waals surface area contributed by atoms with Gasteiger partial charge < -0.3 is 20.3 Å². The molecule has 2 aromatic carbocycles. The van der Waals surface area contributed by atoms with Gasteiger partial charge in [0.05, 0.1) is 4.92 Å². The van der Waals surface area contributed by atoms with Crippen molar-refractivity contribution >= 4 is 11.4 Å². The standard InChI is InChI=1S/C12H16N2O3.C12H18N2O.C2H6O.CH4/c1-2-13-8-7-12(9-13)17-11-5-3-10(4-6-11)14(15)16;1-2-14-8-7-12(9-14)15-11-5-3-10(13)4-6-11;1-2-3;/h3-6,12H,2,7-9H2,1H3;3-6,12H,2,7-9,13H2,1H3;3H,2H2,1H3;1H4. The molecule has 2 aliphatic heterocycles. The maximum Gasteiger partial charge on any atom is 0.269 e. The van der Waals surface area contributed by atoms with Gasteiger partial charge in [-0.05, 0) is 69.3 Å². The number of benzene rings is 2. The van der Waals surface area contributed by atoms with Gasteiger partial charge in [-0.2, -0.15) is 0 Å². The van der Waals surface area contributed by atoms with Gasteiger partial charge in [-0.1, -0.05) is 21.3 Å². The molecule has 36 heavy (non-hydrogen) atoms. The van der Waals surface area contributed by atoms with Crippen molar-refractivity contribution in [3.05, 3.63) is 58.6 Å². The smallest absolute Gasteiger partial charge is 0.269 e. The van der Waals surface area contributed by atoms with Crippen molar-refractivity contribution < 1.29 is 19.5 Å². The molecule has 2 atom stereocenters. The SMILES string of the molecule is C.CCN1CCC(Oc2ccc(N)cc2)C1.CCN1CCC(Oc2ccc([N+](=O)[O-])cc2)C1.CCO. The minimum atomic E-state index is -0.405. The maximum atomic E-state index is 10.5. The van der Waals surface area contributed by atoms with E-state index >= 15 is 0 Å². The predicted molar refractivity (Wildman–Crippen MR) is 146 cm³/mol. The summed E-state index contributed by atoms with van der Waals surface area (Å²) in [6.07, 6.45) is 2.69. The van der Waals surface area contributed by atoms with Crippen molar-refractivity contribution in [2.75, 3.05) is 51.6 Å². The second-order valence-corrected chi connectivity index (χ2v) is 8.48. The molecule has 9 heteroatoms. The lowest BCUT2D eigenvalue weighted by Crippen LogP contribution is -2.24. The van der Waals surface area contributed by atoms with E-state index in [4.69, 9.17) is 20.3 Å². The Labute approximate surface area is 216 Å². The average Bonchev–Trinajstić information content (AvgIpc) is 3.51. The molecule has 4 rings (SSSR count). The molecule has 0 radical (unpaired) electrons. The highest BCUT2D eigenvalue weighted by molar-refractivity contribution is 5.41. The van der Waals surface area contributed by atoms with Crippen LogP contribution in [0.15, 0.2) is 48.5 Å². The van der Waals surface area contributed by atoms with E-state index in [1.807, 2.05) is 24.3 Å². The molecule has 0 amide bonds. The van der Waals surface area contributed by atoms with Crippen LogP contribution in [0.5, 0.6) is 11.5 Å². The Balaban J connectivity index is 0.000000319. The Kier molecular flexibility index (Phi) is 14.5. The van der Waals surface area contributed by atoms with Crippen LogP contribution in [0.25, 0.3) is 0 Å². The molecule has 0 aromatic heterocycles. The summed E-state index contributed by atoms with van der Waals surface area (Å²) in [7, 11) is 0. The van der Waals surface area contributed by atoms with Gasteiger partial charge in [0.1, 0.15) is 23.7 Å². The first-order valence-electron chi connectivity index (χ1n) is 12.4. The third-order valence-electron chi connectivity index (χ3n) is 5.89. The number of nitro groups is 1. The monoisotopic (exact) mass is 504 g/mol. The number of aliphatic hydroxyl groups excluding tert-OH is 1. The third-order valence-corrected chi connectivity index (χ3v) is 5.89. The number of nitrogens with two attached hydrogens (primary N) is 1. The zero-order chi connectivity index (χ0) is 25.6. The number of nitro benzene ring substituents is 1. The van der Waals surface area contributed by atoms with Crippen molar-refractivity contribution in [1.29, 1.82) is 0 Å². The molecular formula is C27H44N4O5. The van der Waals surface area contributed by atoms with Crippen LogP contribution in [-0.4, -0.2) is 77.9 Å². The summed E-state index contributed by atoms with van der Waals surface area (Å²) in [6, 6.07) is 13.9. The summed E-state index contributed by atoms with van der Waals surface area (Å²) in [6.45, 7) is 12.6. The van der Waals surface area contributed by atoms with Crippen molar-refractivity contribution in [2.45, 2.75) is 53.2 Å². The minimum absolute atomic E-state index is 0. The van der Waals surface area contributed by atoms with Crippen LogP contribution in [0.4, 0.5) is 11.4 Å². The van der Waals surface area contributed by atoms with E-state index in [2.05, 4.69) is 23.6 Å². The Bertz CT molecular complexity index is 863. The fourth-order valence-corrected chi connectivity index (χ4v) is 3.94. The Morgan fingerprint density at radius 2 is 1.28 bits per heavy atom. The summed E-state index contributed by atoms with van der Waals surface area (Å²) in [5, 5.41) is 18.1. The largest absolute Gasteiger partial charge is 0.489 e. The van der Waals surface area contributed by atoms with E-state index in [-0.39, 0.29) is 25.8 Å². The first kappa shape index (κ1) is 31.2. The molecule has 0 spiro atoms. The first-order valence-corrected chi connectivity index (χ1v) is 12.4. The molecule has 2 aliphatic rings. The second kappa shape index (κ2) is 16.7. The molecule has 2 aromatic rings. The molecule has 9 nitrogen and oxygen atoms in total. The lowest BCUT2D eigenvalue weighted by Gasteiger charge is -2.15. The molecule has 2 unspecified atom stereocenters. The maximum absolute atomic E-state index is 10.5. The van der Waals surface area contributed by atoms with E-state index in [1.54, 1.807) is 19.1 Å². The molecule has 0 saturated carbocycles. The van der Waals surface area contributed by atoms with Gasteiger partial charge in [0.2, 0.25) is 0 Å². The number of non-ortho nitro benzene ring substituents is 1. The van der Waals surface area contributed by atoms with Gasteiger partial charge in [-0.3, -0.25) is 19.9 Å². The number of hydrogen-bond acceptors (Lipinski definition) is 8. The molecule has 2 heterocycles. The van der Waals surface area contributed by atoms with E-state index in [9.17, 15) is 10.1 Å². The van der Waals surface area contributed by atoms with Crippen LogP contribution < -0.4 is 15.2 Å². The highest BCUT2D eigenvalue weighted by Crippen LogP contribution is 2.21. The number of likely N-dealkylation sites (N-methyl/N-ethyl adjacent to an activating group) is 2. The van der Waals surface area contributed by atoms with Crippen molar-refractivity contribution in [1.82, 2.24) is 9.80 Å². The number of nitrogen functional groups attached to an aromatic ring is 1. The van der Waals surface area contributed by atoms with Crippen LogP contribution in [-0.2, 0) is 0 Å². The lowest BCUT2D eigenvalue weighted by molar-refractivity contribution is -0.384. The molecular weight excluding hydrogens is 460 g/mol. The third kappa shape index (κ3) is 10.8. The van der Waals surface area contributed by atoms with Gasteiger partial charge in [0.25, 0.3) is 5.69 Å². The summed E-state index contributed by atoms with van der Waals surface area (Å²) >= 11 is 0. The highest BCUT2D eigenvalue weighted by Gasteiger charge is 2.23. The highest BCUT2D eigenvalue weighted by atomic mass is 16.6. The van der Waals surface area contributed by atoms with Crippen molar-refractivity contribution in [3.63, 3.8) is 0 Å². The van der Waals surface area contributed by atoms with E-state index in [1.165, 1.54) is 12.1 Å². The van der Waals surface area contributed by atoms with E-state index in [0.717, 1.165) is 63.5 Å². The van der Waals surface area contributed by atoms with E-state index in [0.29, 0.717) is 11.9 Å². The van der Waals surface area contributed by atoms with Crippen LogP contribution in [0.2, 0.25) is 0 Å². The fraction of sp³-hybridized carbons (Fsp3) is 0.556. The number of hydrogen-bond donors (Lipinski definition) is 2. The zero-order valence-electron chi connectivity index (χ0n) is 21.1. The lowest BCUT2D eigenvalue weighted by atomic mass is 10.3. The Morgan fingerprint density at radius 3 is 1.61 bits per heavy atom. The van der Waals surface area contributed by atoms with Gasteiger partial charge in [0.15, 0.2) is 0 Å². The second-order valence-electron chi connectivity index (χ2n) is 8.48. The number of likely N-dealkylation sites (tertiary alicyclic amines) is 2. The number of nitrogens with zero attached hydrogens (tertiary/aromatic N) is 3. The normalized spacial score (nSPS) is 19.2. The molecule has 0 bridgehead atoms. The van der Waals surface area contributed by atoms with Crippen LogP contribution in [0, 0.1) is 10.1 Å². The summed E-state index contributed by atoms with van der Waals surface area (Å²) in [4.78, 5) is 14.8. The molecule has 2 fully saturated rings. The first-order chi connectivity index (χ1) is 16.9. The minimum Gasteiger partial charge on any atom is -0.489 e. The fourth-order valence-electron chi connectivity index (χ4n) is 3.94. The van der Waals surface area contributed by atoms with Crippen LogP contribution in [0.3, 0.4) is 0 Å². The van der Waals surface area contributed by atoms with Crippen LogP contribution in [0.1, 0.15) is 41.0 Å². The van der Waals surface area contributed by atoms with Crippen molar-refractivity contribution in [2.24, 2.45) is 0 Å². The zero-order valence-corrected chi connectivity index (χ0v) is 21.1. The Morgan fingerprint density at radius 1 is 0.889 bits per heavy atom. The summed E-state index contributed by atoms with van der Waals surface area (Å²) in [5.74, 6) is 1.63. The number of anilines is 1. The molecule has 202 valence electrons. The topological polar surface area (TPSA) is 114 Å². The number of rotatable bonds is 7. The molecule has 3 N–H and O–H groups in total. The van der Waals surface area contributed by atoms with Gasteiger partial charge in [0, 0.05) is 50.6 Å². The summed E-state index contributed by atoms with van der Waals surface area (Å²) < 4.78 is 11.6. The average molecular weight is 505 g/mol. The molecule has 2 saturated heterocycles. The van der Waals surface area contributed by atoms with Gasteiger partial charge in [-0.15, -0.1) is 0 Å².